The van der Waals surface area contributed by atoms with Gasteiger partial charge in [-0.15, -0.1) is 0 Å². The summed E-state index contributed by atoms with van der Waals surface area (Å²) in [5.74, 6) is -0.342. The second-order valence-corrected chi connectivity index (χ2v) is 9.58. The molecule has 0 spiro atoms. The number of ketones is 2. The monoisotopic (exact) mass is 484 g/mol. The molecule has 0 N–H and O–H groups in total. The van der Waals surface area contributed by atoms with Crippen molar-refractivity contribution < 1.29 is 31.7 Å². The summed E-state index contributed by atoms with van der Waals surface area (Å²) >= 11 is 0. The molecule has 180 valence electrons. The second kappa shape index (κ2) is 12.5. The molecule has 0 aromatic heterocycles. The largest absolute Gasteiger partial charge is 0.353 e. The highest BCUT2D eigenvalue weighted by molar-refractivity contribution is 7.85. The van der Waals surface area contributed by atoms with Crippen LogP contribution in [0.4, 0.5) is 0 Å². The van der Waals surface area contributed by atoms with E-state index in [1.807, 2.05) is 24.3 Å². The van der Waals surface area contributed by atoms with E-state index < -0.39 is 10.1 Å². The van der Waals surface area contributed by atoms with Gasteiger partial charge in [-0.3, -0.25) is 13.8 Å². The van der Waals surface area contributed by atoms with Crippen molar-refractivity contribution in [2.45, 2.75) is 32.2 Å². The van der Waals surface area contributed by atoms with Crippen LogP contribution in [-0.4, -0.2) is 45.7 Å². The summed E-state index contributed by atoms with van der Waals surface area (Å²) in [5, 5.41) is 0. The first-order valence-electron chi connectivity index (χ1n) is 11.0. The van der Waals surface area contributed by atoms with Gasteiger partial charge < -0.3 is 9.47 Å². The Morgan fingerprint density at radius 3 is 2.38 bits per heavy atom. The van der Waals surface area contributed by atoms with Crippen molar-refractivity contribution in [1.82, 2.24) is 0 Å². The minimum Gasteiger partial charge on any atom is -0.353 e. The van der Waals surface area contributed by atoms with E-state index in [2.05, 4.69) is 0 Å². The van der Waals surface area contributed by atoms with Crippen LogP contribution in [0.3, 0.4) is 0 Å². The highest BCUT2D eigenvalue weighted by atomic mass is 32.2. The van der Waals surface area contributed by atoms with Gasteiger partial charge in [0.05, 0.1) is 12.9 Å². The third-order valence-electron chi connectivity index (χ3n) is 5.03. The van der Waals surface area contributed by atoms with Crippen molar-refractivity contribution in [2.24, 2.45) is 0 Å². The van der Waals surface area contributed by atoms with Gasteiger partial charge in [0.25, 0.3) is 10.1 Å². The maximum absolute atomic E-state index is 12.5. The van der Waals surface area contributed by atoms with Crippen molar-refractivity contribution in [2.75, 3.05) is 19.5 Å². The molecule has 1 aliphatic rings. The number of carbonyl (C=O) groups excluding carboxylic acids is 2. The van der Waals surface area contributed by atoms with Gasteiger partial charge in [-0.1, -0.05) is 54.6 Å². The third-order valence-corrected chi connectivity index (χ3v) is 5.57. The molecular formula is C26H28O7S. The molecule has 2 aromatic rings. The molecule has 1 heterocycles. The predicted octanol–water partition coefficient (Wildman–Crippen LogP) is 4.18. The zero-order chi connectivity index (χ0) is 24.4. The quantitative estimate of drug-likeness (QED) is 0.268. The molecule has 1 saturated heterocycles. The summed E-state index contributed by atoms with van der Waals surface area (Å²) in [6, 6.07) is 14.0. The maximum atomic E-state index is 12.5. The minimum absolute atomic E-state index is 0.00825. The Labute approximate surface area is 200 Å². The average Bonchev–Trinajstić information content (AvgIpc) is 2.84. The molecule has 1 unspecified atom stereocenters. The summed E-state index contributed by atoms with van der Waals surface area (Å²) in [6.45, 7) is 0.543. The smallest absolute Gasteiger partial charge is 0.264 e. The number of ether oxygens (including phenoxy) is 2. The Kier molecular flexibility index (Phi) is 9.47. The summed E-state index contributed by atoms with van der Waals surface area (Å²) in [5.41, 5.74) is 2.70. The Bertz CT molecular complexity index is 1140. The van der Waals surface area contributed by atoms with Gasteiger partial charge in [0.1, 0.15) is 6.61 Å². The van der Waals surface area contributed by atoms with Crippen LogP contribution in [0, 0.1) is 0 Å². The zero-order valence-electron chi connectivity index (χ0n) is 19.0. The minimum atomic E-state index is -3.56. The number of carbonyl (C=O) groups is 2. The van der Waals surface area contributed by atoms with Crippen LogP contribution < -0.4 is 0 Å². The SMILES string of the molecule is CS(=O)(=O)OCc1cccc(C(=O)/C=C/c2ccc(/C=C/C(=O)COC3CCCCO3)cc2)c1. The molecular weight excluding hydrogens is 456 g/mol. The van der Waals surface area contributed by atoms with Crippen LogP contribution in [-0.2, 0) is 35.2 Å². The fourth-order valence-corrected chi connectivity index (χ4v) is 3.58. The van der Waals surface area contributed by atoms with E-state index in [9.17, 15) is 18.0 Å². The van der Waals surface area contributed by atoms with Crippen LogP contribution in [0.15, 0.2) is 60.7 Å². The van der Waals surface area contributed by atoms with E-state index in [0.29, 0.717) is 17.7 Å². The molecule has 1 aliphatic heterocycles. The number of hydrogen-bond acceptors (Lipinski definition) is 7. The highest BCUT2D eigenvalue weighted by Crippen LogP contribution is 2.14. The summed E-state index contributed by atoms with van der Waals surface area (Å²) in [6.07, 6.45) is 9.94. The van der Waals surface area contributed by atoms with E-state index in [0.717, 1.165) is 36.6 Å². The molecule has 2 aromatic carbocycles. The topological polar surface area (TPSA) is 96.0 Å². The number of hydrogen-bond donors (Lipinski definition) is 0. The van der Waals surface area contributed by atoms with E-state index >= 15 is 0 Å². The van der Waals surface area contributed by atoms with Crippen LogP contribution in [0.1, 0.15) is 46.3 Å². The molecule has 0 bridgehead atoms. The summed E-state index contributed by atoms with van der Waals surface area (Å²) in [4.78, 5) is 24.5. The fourth-order valence-electron chi connectivity index (χ4n) is 3.23. The van der Waals surface area contributed by atoms with Crippen LogP contribution >= 0.6 is 0 Å². The van der Waals surface area contributed by atoms with Gasteiger partial charge in [0.15, 0.2) is 17.9 Å². The van der Waals surface area contributed by atoms with E-state index in [-0.39, 0.29) is 31.1 Å². The maximum Gasteiger partial charge on any atom is 0.264 e. The fraction of sp³-hybridized carbons (Fsp3) is 0.308. The van der Waals surface area contributed by atoms with E-state index in [1.54, 1.807) is 36.4 Å². The average molecular weight is 485 g/mol. The van der Waals surface area contributed by atoms with E-state index in [4.69, 9.17) is 13.7 Å². The molecule has 0 aliphatic carbocycles. The van der Waals surface area contributed by atoms with Gasteiger partial charge in [-0.25, -0.2) is 0 Å². The molecule has 0 radical (unpaired) electrons. The lowest BCUT2D eigenvalue weighted by molar-refractivity contribution is -0.167. The van der Waals surface area contributed by atoms with Crippen molar-refractivity contribution in [3.05, 3.63) is 82.9 Å². The first-order chi connectivity index (χ1) is 16.3. The predicted molar refractivity (Wildman–Crippen MR) is 129 cm³/mol. The van der Waals surface area contributed by atoms with Gasteiger partial charge in [-0.05, 0) is 54.2 Å². The zero-order valence-corrected chi connectivity index (χ0v) is 19.8. The molecule has 1 fully saturated rings. The van der Waals surface area contributed by atoms with Crippen molar-refractivity contribution in [3.8, 4) is 0 Å². The highest BCUT2D eigenvalue weighted by Gasteiger charge is 2.14. The van der Waals surface area contributed by atoms with Gasteiger partial charge in [-0.2, -0.15) is 8.42 Å². The number of rotatable bonds is 11. The summed E-state index contributed by atoms with van der Waals surface area (Å²) < 4.78 is 38.0. The Hall–Kier alpha value is -2.91. The molecule has 7 nitrogen and oxygen atoms in total. The third kappa shape index (κ3) is 9.15. The second-order valence-electron chi connectivity index (χ2n) is 7.94. The van der Waals surface area contributed by atoms with Crippen LogP contribution in [0.25, 0.3) is 12.2 Å². The van der Waals surface area contributed by atoms with E-state index in [1.165, 1.54) is 12.2 Å². The van der Waals surface area contributed by atoms with Crippen molar-refractivity contribution in [3.63, 3.8) is 0 Å². The normalized spacial score (nSPS) is 16.8. The van der Waals surface area contributed by atoms with Gasteiger partial charge >= 0.3 is 0 Å². The lowest BCUT2D eigenvalue weighted by Crippen LogP contribution is -2.24. The standard InChI is InChI=1S/C26H28O7S/c1-34(29,30)33-18-22-5-4-6-23(17-22)25(28)15-13-21-10-8-20(9-11-21)12-14-24(27)19-32-26-7-2-3-16-31-26/h4-6,8-15,17,26H,2-3,7,16,18-19H2,1H3/b14-12+,15-13+. The molecule has 8 heteroatoms. The first kappa shape index (κ1) is 25.7. The lowest BCUT2D eigenvalue weighted by atomic mass is 10.1. The van der Waals surface area contributed by atoms with Gasteiger partial charge in [0, 0.05) is 12.2 Å². The Morgan fingerprint density at radius 1 is 1.03 bits per heavy atom. The van der Waals surface area contributed by atoms with Crippen LogP contribution in [0.5, 0.6) is 0 Å². The molecule has 0 saturated carbocycles. The van der Waals surface area contributed by atoms with Crippen LogP contribution in [0.2, 0.25) is 0 Å². The lowest BCUT2D eigenvalue weighted by Gasteiger charge is -2.21. The van der Waals surface area contributed by atoms with Crippen molar-refractivity contribution >= 4 is 33.8 Å². The Balaban J connectivity index is 1.50. The molecule has 0 amide bonds. The Morgan fingerprint density at radius 2 is 1.74 bits per heavy atom. The number of allylic oxidation sites excluding steroid dienone is 1. The summed E-state index contributed by atoms with van der Waals surface area (Å²) in [7, 11) is -3.56. The van der Waals surface area contributed by atoms with Crippen molar-refractivity contribution in [1.29, 1.82) is 0 Å². The number of benzene rings is 2. The molecule has 1 atom stereocenters. The molecule has 3 rings (SSSR count). The van der Waals surface area contributed by atoms with Gasteiger partial charge in [0.2, 0.25) is 0 Å². The first-order valence-corrected chi connectivity index (χ1v) is 12.8. The molecule has 34 heavy (non-hydrogen) atoms.